The molecule has 44 heavy (non-hydrogen) atoms. The van der Waals surface area contributed by atoms with E-state index in [1.165, 1.54) is 17.4 Å². The lowest BCUT2D eigenvalue weighted by atomic mass is 9.73. The Morgan fingerprint density at radius 1 is 0.977 bits per heavy atom. The summed E-state index contributed by atoms with van der Waals surface area (Å²) in [6.45, 7) is 4.53. The maximum absolute atomic E-state index is 13.8. The average molecular weight is 617 g/mol. The number of sulfone groups is 1. The molecule has 3 amide bonds. The number of likely N-dealkylation sites (tertiary alicyclic amines) is 3. The molecule has 0 aromatic heterocycles. The topological polar surface area (TPSA) is 90.0 Å². The molecule has 234 valence electrons. The number of carbonyl (C=O) groups is 2. The van der Waals surface area contributed by atoms with Gasteiger partial charge in [0, 0.05) is 56.4 Å². The molecule has 2 aliphatic carbocycles. The van der Waals surface area contributed by atoms with Gasteiger partial charge in [0.15, 0.2) is 9.84 Å². The van der Waals surface area contributed by atoms with Gasteiger partial charge >= 0.3 is 6.03 Å². The normalized spacial score (nSPS) is 26.0. The third-order valence-corrected chi connectivity index (χ3v) is 12.0. The first-order valence-corrected chi connectivity index (χ1v) is 18.2. The van der Waals surface area contributed by atoms with Gasteiger partial charge in [-0.15, -0.1) is 0 Å². The van der Waals surface area contributed by atoms with E-state index in [0.717, 1.165) is 83.2 Å². The zero-order valence-corrected chi connectivity index (χ0v) is 26.5. The molecule has 1 spiro atoms. The van der Waals surface area contributed by atoms with Crippen LogP contribution in [0.5, 0.6) is 0 Å². The van der Waals surface area contributed by atoms with Gasteiger partial charge in [-0.2, -0.15) is 0 Å². The number of hydrogen-bond donors (Lipinski definition) is 1. The Balaban J connectivity index is 1.05. The number of piperidine rings is 1. The second kappa shape index (κ2) is 11.6. The third-order valence-electron chi connectivity index (χ3n) is 10.9. The summed E-state index contributed by atoms with van der Waals surface area (Å²) in [7, 11) is -3.24. The van der Waals surface area contributed by atoms with Crippen LogP contribution >= 0.6 is 0 Å². The highest BCUT2D eigenvalue weighted by molar-refractivity contribution is 7.90. The van der Waals surface area contributed by atoms with Crippen molar-refractivity contribution >= 4 is 21.8 Å². The number of amides is 3. The van der Waals surface area contributed by atoms with Crippen molar-refractivity contribution in [3.8, 4) is 0 Å². The molecular weight excluding hydrogens is 572 g/mol. The van der Waals surface area contributed by atoms with E-state index in [1.54, 1.807) is 12.1 Å². The fraction of sp³-hybridized carbons (Fsp3) is 0.543. The van der Waals surface area contributed by atoms with Crippen LogP contribution in [0.15, 0.2) is 71.1 Å². The summed E-state index contributed by atoms with van der Waals surface area (Å²) in [5.41, 5.74) is 3.46. The van der Waals surface area contributed by atoms with E-state index in [0.29, 0.717) is 23.4 Å². The Bertz CT molecular complexity index is 1530. The number of hydrogen-bond acceptors (Lipinski definition) is 5. The smallest absolute Gasteiger partial charge is 0.317 e. The fourth-order valence-corrected chi connectivity index (χ4v) is 8.65. The first-order valence-electron chi connectivity index (χ1n) is 16.3. The molecule has 0 radical (unpaired) electrons. The largest absolute Gasteiger partial charge is 0.338 e. The molecule has 3 heterocycles. The van der Waals surface area contributed by atoms with Crippen molar-refractivity contribution in [3.63, 3.8) is 0 Å². The van der Waals surface area contributed by atoms with E-state index in [2.05, 4.69) is 51.5 Å². The molecule has 7 rings (SSSR count). The molecule has 3 atom stereocenters. The Morgan fingerprint density at radius 3 is 2.27 bits per heavy atom. The average Bonchev–Trinajstić information content (AvgIpc) is 3.62. The lowest BCUT2D eigenvalue weighted by molar-refractivity contribution is -0.139. The summed E-state index contributed by atoms with van der Waals surface area (Å²) >= 11 is 0. The SMILES string of the molecule is CS(=O)(=O)c1ccc(CN2CCC3(CCN(C(C4=CCC4)[C@H]4CN(C(=O)NC5CC5)CC4c4ccccc4)CC3)C2=O)cc1. The van der Waals surface area contributed by atoms with Crippen molar-refractivity contribution in [3.05, 3.63) is 77.4 Å². The summed E-state index contributed by atoms with van der Waals surface area (Å²) in [6, 6.07) is 18.4. The third kappa shape index (κ3) is 5.81. The van der Waals surface area contributed by atoms with Crippen LogP contribution in [0.1, 0.15) is 62.0 Å². The molecule has 1 N–H and O–H groups in total. The Labute approximate surface area is 261 Å². The van der Waals surface area contributed by atoms with Gasteiger partial charge in [0.05, 0.1) is 10.3 Å². The summed E-state index contributed by atoms with van der Waals surface area (Å²) in [5, 5.41) is 3.22. The zero-order chi connectivity index (χ0) is 30.5. The van der Waals surface area contributed by atoms with Crippen LogP contribution in [-0.4, -0.2) is 86.1 Å². The van der Waals surface area contributed by atoms with Crippen molar-refractivity contribution in [2.24, 2.45) is 11.3 Å². The Hall–Kier alpha value is -3.17. The van der Waals surface area contributed by atoms with Gasteiger partial charge in [0.1, 0.15) is 0 Å². The Morgan fingerprint density at radius 2 is 1.66 bits per heavy atom. The number of urea groups is 1. The van der Waals surface area contributed by atoms with Crippen molar-refractivity contribution in [2.75, 3.05) is 39.0 Å². The molecule has 5 aliphatic rings. The van der Waals surface area contributed by atoms with E-state index in [4.69, 9.17) is 0 Å². The molecule has 2 unspecified atom stereocenters. The van der Waals surface area contributed by atoms with E-state index in [1.807, 2.05) is 17.0 Å². The zero-order valence-electron chi connectivity index (χ0n) is 25.7. The number of allylic oxidation sites excluding steroid dienone is 1. The summed E-state index contributed by atoms with van der Waals surface area (Å²) in [4.78, 5) is 34.0. The van der Waals surface area contributed by atoms with Crippen molar-refractivity contribution in [2.45, 2.75) is 74.4 Å². The van der Waals surface area contributed by atoms with Crippen LogP contribution in [0.4, 0.5) is 4.79 Å². The number of rotatable bonds is 8. The number of nitrogens with one attached hydrogen (secondary N) is 1. The lowest BCUT2D eigenvalue weighted by Gasteiger charge is -2.46. The highest BCUT2D eigenvalue weighted by Crippen LogP contribution is 2.47. The summed E-state index contributed by atoms with van der Waals surface area (Å²) < 4.78 is 23.7. The fourth-order valence-electron chi connectivity index (χ4n) is 8.02. The highest BCUT2D eigenvalue weighted by atomic mass is 32.2. The van der Waals surface area contributed by atoms with Crippen LogP contribution in [0.25, 0.3) is 0 Å². The first kappa shape index (κ1) is 29.5. The highest BCUT2D eigenvalue weighted by Gasteiger charge is 2.51. The standard InChI is InChI=1S/C35H44N4O4S/c1-44(42,43)29-14-10-25(11-15-29)22-38-21-18-35(33(38)40)16-19-37(20-17-35)32(27-8-5-9-27)31-24-39(34(41)36-28-12-13-28)23-30(31)26-6-3-2-4-7-26/h2-4,6-8,10-11,14-15,28,30-32H,5,9,12-13,16-24H2,1H3,(H,36,41)/t30?,31-,32?/m0/s1. The van der Waals surface area contributed by atoms with Gasteiger partial charge in [-0.25, -0.2) is 13.2 Å². The molecule has 0 bridgehead atoms. The number of nitrogens with zero attached hydrogens (tertiary/aromatic N) is 3. The van der Waals surface area contributed by atoms with Gasteiger partial charge in [0.25, 0.3) is 0 Å². The maximum atomic E-state index is 13.8. The minimum Gasteiger partial charge on any atom is -0.338 e. The molecule has 4 fully saturated rings. The van der Waals surface area contributed by atoms with E-state index in [9.17, 15) is 18.0 Å². The molecule has 8 nitrogen and oxygen atoms in total. The second-order valence-electron chi connectivity index (χ2n) is 13.8. The van der Waals surface area contributed by atoms with E-state index >= 15 is 0 Å². The molecule has 1 saturated carbocycles. The molecule has 9 heteroatoms. The van der Waals surface area contributed by atoms with Crippen LogP contribution in [0.3, 0.4) is 0 Å². The van der Waals surface area contributed by atoms with E-state index < -0.39 is 9.84 Å². The van der Waals surface area contributed by atoms with Crippen LogP contribution in [-0.2, 0) is 21.2 Å². The van der Waals surface area contributed by atoms with Crippen LogP contribution in [0.2, 0.25) is 0 Å². The Kier molecular flexibility index (Phi) is 7.81. The minimum absolute atomic E-state index is 0.0810. The quantitative estimate of drug-likeness (QED) is 0.439. The monoisotopic (exact) mass is 616 g/mol. The van der Waals surface area contributed by atoms with Crippen molar-refractivity contribution in [1.82, 2.24) is 20.0 Å². The molecule has 2 aromatic rings. The van der Waals surface area contributed by atoms with Crippen LogP contribution < -0.4 is 5.32 Å². The summed E-state index contributed by atoms with van der Waals surface area (Å²) in [6.07, 6.45) is 10.6. The summed E-state index contributed by atoms with van der Waals surface area (Å²) in [5.74, 6) is 0.838. The van der Waals surface area contributed by atoms with Crippen molar-refractivity contribution in [1.29, 1.82) is 0 Å². The molecule has 2 aromatic carbocycles. The number of carbonyl (C=O) groups excluding carboxylic acids is 2. The molecule has 3 aliphatic heterocycles. The molecule has 3 saturated heterocycles. The number of benzene rings is 2. The predicted molar refractivity (Wildman–Crippen MR) is 170 cm³/mol. The van der Waals surface area contributed by atoms with Gasteiger partial charge in [-0.1, -0.05) is 54.1 Å². The van der Waals surface area contributed by atoms with Gasteiger partial charge in [-0.05, 0) is 81.3 Å². The van der Waals surface area contributed by atoms with Gasteiger partial charge in [-0.3, -0.25) is 9.69 Å². The minimum atomic E-state index is -3.24. The van der Waals surface area contributed by atoms with Crippen LogP contribution in [0, 0.1) is 11.3 Å². The maximum Gasteiger partial charge on any atom is 0.317 e. The first-order chi connectivity index (χ1) is 21.2. The van der Waals surface area contributed by atoms with E-state index in [-0.39, 0.29) is 29.3 Å². The van der Waals surface area contributed by atoms with Gasteiger partial charge in [0.2, 0.25) is 5.91 Å². The lowest BCUT2D eigenvalue weighted by Crippen LogP contribution is -2.52. The second-order valence-corrected chi connectivity index (χ2v) is 15.8. The predicted octanol–water partition coefficient (Wildman–Crippen LogP) is 4.58. The van der Waals surface area contributed by atoms with Gasteiger partial charge < -0.3 is 15.1 Å². The van der Waals surface area contributed by atoms with Crippen molar-refractivity contribution < 1.29 is 18.0 Å². The molecular formula is C35H44N4O4S.